The maximum Gasteiger partial charge on any atom is 0.266 e. The zero-order valence-electron chi connectivity index (χ0n) is 21.5. The second-order valence-electron chi connectivity index (χ2n) is 9.38. The largest absolute Gasteiger partial charge is 0.493 e. The smallest absolute Gasteiger partial charge is 0.266 e. The lowest BCUT2D eigenvalue weighted by atomic mass is 10.0. The van der Waals surface area contributed by atoms with Crippen molar-refractivity contribution in [1.82, 2.24) is 19.9 Å². The summed E-state index contributed by atoms with van der Waals surface area (Å²) in [5, 5.41) is 3.45. The number of ether oxygens (including phenoxy) is 2. The van der Waals surface area contributed by atoms with E-state index in [1.807, 2.05) is 24.3 Å². The number of rotatable bonds is 7. The van der Waals surface area contributed by atoms with Gasteiger partial charge in [-0.3, -0.25) is 19.1 Å². The van der Waals surface area contributed by atoms with Crippen LogP contribution in [0.4, 0.5) is 8.78 Å². The van der Waals surface area contributed by atoms with E-state index >= 15 is 0 Å². The summed E-state index contributed by atoms with van der Waals surface area (Å²) in [7, 11) is 0. The lowest BCUT2D eigenvalue weighted by Crippen LogP contribution is -2.33. The van der Waals surface area contributed by atoms with Crippen molar-refractivity contribution in [2.24, 2.45) is 5.92 Å². The van der Waals surface area contributed by atoms with Gasteiger partial charge >= 0.3 is 0 Å². The number of amides is 1. The molecule has 5 rings (SSSR count). The lowest BCUT2D eigenvalue weighted by Gasteiger charge is -2.22. The molecule has 0 saturated carbocycles. The Labute approximate surface area is 229 Å². The molecule has 0 atom stereocenters. The maximum absolute atomic E-state index is 13.5. The van der Waals surface area contributed by atoms with E-state index in [1.165, 1.54) is 12.4 Å². The third-order valence-electron chi connectivity index (χ3n) is 6.57. The van der Waals surface area contributed by atoms with Crippen molar-refractivity contribution in [1.29, 1.82) is 0 Å². The number of nitrogens with zero attached hydrogens (tertiary/aromatic N) is 3. The number of hydrogen-bond acceptors (Lipinski definition) is 6. The molecule has 0 radical (unpaired) electrons. The molecule has 0 spiro atoms. The topological polar surface area (TPSA) is 95.3 Å². The number of hydrogen-bond donors (Lipinski definition) is 1. The molecule has 0 aliphatic carbocycles. The van der Waals surface area contributed by atoms with E-state index in [9.17, 15) is 18.4 Å². The van der Waals surface area contributed by atoms with Gasteiger partial charge in [0, 0.05) is 36.6 Å². The predicted octanol–water partition coefficient (Wildman–Crippen LogP) is 3.70. The van der Waals surface area contributed by atoms with Crippen LogP contribution in [-0.2, 0) is 11.3 Å². The first-order valence-corrected chi connectivity index (χ1v) is 12.8. The van der Waals surface area contributed by atoms with E-state index in [0.717, 1.165) is 71.2 Å². The summed E-state index contributed by atoms with van der Waals surface area (Å²) in [6.07, 6.45) is 6.06. The number of fused-ring (bicyclic) bond motifs is 1. The van der Waals surface area contributed by atoms with E-state index < -0.39 is 23.1 Å². The van der Waals surface area contributed by atoms with Gasteiger partial charge in [-0.1, -0.05) is 17.9 Å². The molecule has 8 nitrogen and oxygen atoms in total. The number of aromatic nitrogens is 3. The Hall–Kier alpha value is -4.62. The Kier molecular flexibility index (Phi) is 8.42. The summed E-state index contributed by atoms with van der Waals surface area (Å²) in [6.45, 7) is 2.06. The second kappa shape index (κ2) is 12.5. The number of halogens is 2. The van der Waals surface area contributed by atoms with Gasteiger partial charge in [-0.25, -0.2) is 13.8 Å². The highest BCUT2D eigenvalue weighted by Gasteiger charge is 2.16. The number of carbonyl (C=O) groups is 1. The van der Waals surface area contributed by atoms with Crippen molar-refractivity contribution >= 4 is 16.8 Å². The highest BCUT2D eigenvalue weighted by Crippen LogP contribution is 2.26. The molecule has 1 aliphatic rings. The number of nitrogens with one attached hydrogen (secondary N) is 1. The molecule has 1 fully saturated rings. The quantitative estimate of drug-likeness (QED) is 0.357. The molecule has 2 aromatic heterocycles. The first-order valence-electron chi connectivity index (χ1n) is 12.8. The highest BCUT2D eigenvalue weighted by atomic mass is 19.2. The molecule has 40 heavy (non-hydrogen) atoms. The van der Waals surface area contributed by atoms with Crippen molar-refractivity contribution in [3.63, 3.8) is 0 Å². The van der Waals surface area contributed by atoms with Crippen molar-refractivity contribution in [2.45, 2.75) is 19.4 Å². The van der Waals surface area contributed by atoms with Crippen LogP contribution < -0.4 is 15.6 Å². The minimum atomic E-state index is -1.02. The molecule has 4 aromatic rings. The normalized spacial score (nSPS) is 13.4. The van der Waals surface area contributed by atoms with Gasteiger partial charge in [0.25, 0.3) is 11.5 Å². The lowest BCUT2D eigenvalue weighted by molar-refractivity contribution is 0.0500. The molecule has 1 aliphatic heterocycles. The average Bonchev–Trinajstić information content (AvgIpc) is 2.97. The van der Waals surface area contributed by atoms with Gasteiger partial charge in [0.15, 0.2) is 11.6 Å². The predicted molar refractivity (Wildman–Crippen MR) is 144 cm³/mol. The SMILES string of the molecule is O=C(NCC#Cc1ccc2nccc(OCC3CCOCC3)c2c1)c1cncn(Cc2ccc(F)c(F)c2)c1=O. The molecular formula is C30H26F2N4O4. The minimum absolute atomic E-state index is 0.00543. The monoisotopic (exact) mass is 544 g/mol. The molecule has 1 amide bonds. The Morgan fingerprint density at radius 2 is 1.98 bits per heavy atom. The summed E-state index contributed by atoms with van der Waals surface area (Å²) in [5.74, 6) is 4.46. The van der Waals surface area contributed by atoms with Crippen LogP contribution in [0.3, 0.4) is 0 Å². The fourth-order valence-corrected chi connectivity index (χ4v) is 4.37. The van der Waals surface area contributed by atoms with Gasteiger partial charge in [0.2, 0.25) is 0 Å². The van der Waals surface area contributed by atoms with Crippen molar-refractivity contribution < 1.29 is 23.0 Å². The van der Waals surface area contributed by atoms with Crippen LogP contribution in [0.1, 0.15) is 34.3 Å². The summed E-state index contributed by atoms with van der Waals surface area (Å²) in [6, 6.07) is 10.8. The highest BCUT2D eigenvalue weighted by molar-refractivity contribution is 5.93. The van der Waals surface area contributed by atoms with Crippen LogP contribution in [0.5, 0.6) is 5.75 Å². The molecule has 0 unspecified atom stereocenters. The standard InChI is InChI=1S/C30H26F2N4O4/c31-25-5-3-22(15-26(25)32)17-36-19-33-16-24(30(36)38)29(37)35-10-1-2-20-4-6-27-23(14-20)28(7-11-34-27)40-18-21-8-12-39-13-9-21/h3-7,11,14-16,19,21H,8-10,12-13,17-18H2,(H,35,37). The van der Waals surface area contributed by atoms with Crippen LogP contribution in [0, 0.1) is 29.4 Å². The molecule has 0 bridgehead atoms. The van der Waals surface area contributed by atoms with Crippen LogP contribution in [0.2, 0.25) is 0 Å². The van der Waals surface area contributed by atoms with Crippen LogP contribution in [0.15, 0.2) is 66.0 Å². The maximum atomic E-state index is 13.5. The summed E-state index contributed by atoms with van der Waals surface area (Å²) >= 11 is 0. The molecule has 204 valence electrons. The fraction of sp³-hybridized carbons (Fsp3) is 0.267. The Balaban J connectivity index is 1.23. The van der Waals surface area contributed by atoms with Crippen LogP contribution in [-0.4, -0.2) is 46.8 Å². The van der Waals surface area contributed by atoms with Gasteiger partial charge in [-0.15, -0.1) is 0 Å². The molecule has 1 saturated heterocycles. The Morgan fingerprint density at radius 1 is 1.12 bits per heavy atom. The first kappa shape index (κ1) is 27.0. The number of pyridine rings is 1. The van der Waals surface area contributed by atoms with E-state index in [0.29, 0.717) is 18.1 Å². The van der Waals surface area contributed by atoms with Gasteiger partial charge in [0.1, 0.15) is 11.3 Å². The van der Waals surface area contributed by atoms with Gasteiger partial charge in [-0.2, -0.15) is 0 Å². The molecule has 10 heteroatoms. The third kappa shape index (κ3) is 6.50. The summed E-state index contributed by atoms with van der Waals surface area (Å²) in [4.78, 5) is 33.7. The zero-order chi connectivity index (χ0) is 27.9. The van der Waals surface area contributed by atoms with Gasteiger partial charge in [0.05, 0.1) is 31.5 Å². The fourth-order valence-electron chi connectivity index (χ4n) is 4.37. The van der Waals surface area contributed by atoms with E-state index in [4.69, 9.17) is 9.47 Å². The van der Waals surface area contributed by atoms with Crippen molar-refractivity contribution in [3.8, 4) is 17.6 Å². The minimum Gasteiger partial charge on any atom is -0.493 e. The van der Waals surface area contributed by atoms with Crippen LogP contribution >= 0.6 is 0 Å². The van der Waals surface area contributed by atoms with Gasteiger partial charge < -0.3 is 14.8 Å². The molecule has 2 aromatic carbocycles. The Morgan fingerprint density at radius 3 is 2.80 bits per heavy atom. The zero-order valence-corrected chi connectivity index (χ0v) is 21.5. The summed E-state index contributed by atoms with van der Waals surface area (Å²) < 4.78 is 39.4. The number of benzene rings is 2. The first-order chi connectivity index (χ1) is 19.5. The summed E-state index contributed by atoms with van der Waals surface area (Å²) in [5.41, 5.74) is 1.07. The average molecular weight is 545 g/mol. The van der Waals surface area contributed by atoms with Crippen molar-refractivity contribution in [3.05, 3.63) is 99.9 Å². The Bertz CT molecular complexity index is 1660. The van der Waals surface area contributed by atoms with Crippen molar-refractivity contribution in [2.75, 3.05) is 26.4 Å². The van der Waals surface area contributed by atoms with E-state index in [2.05, 4.69) is 27.1 Å². The molecule has 1 N–H and O–H groups in total. The third-order valence-corrected chi connectivity index (χ3v) is 6.57. The van der Waals surface area contributed by atoms with E-state index in [-0.39, 0.29) is 18.7 Å². The molecular weight excluding hydrogens is 518 g/mol. The molecule has 3 heterocycles. The number of carbonyl (C=O) groups excluding carboxylic acids is 1. The van der Waals surface area contributed by atoms with E-state index in [1.54, 1.807) is 6.20 Å². The van der Waals surface area contributed by atoms with Crippen LogP contribution in [0.25, 0.3) is 10.9 Å². The van der Waals surface area contributed by atoms with Gasteiger partial charge in [-0.05, 0) is 60.7 Å². The second-order valence-corrected chi connectivity index (χ2v) is 9.38.